The lowest BCUT2D eigenvalue weighted by Crippen LogP contribution is -2.66. The van der Waals surface area contributed by atoms with E-state index in [4.69, 9.17) is 0 Å². The minimum atomic E-state index is -0.707. The van der Waals surface area contributed by atoms with Crippen LogP contribution < -0.4 is 0 Å². The van der Waals surface area contributed by atoms with Crippen LogP contribution in [0.15, 0.2) is 11.6 Å². The number of rotatable bonds is 2. The summed E-state index contributed by atoms with van der Waals surface area (Å²) in [7, 11) is 0. The van der Waals surface area contributed by atoms with Crippen molar-refractivity contribution in [1.82, 2.24) is 0 Å². The maximum atomic E-state index is 12.6. The zero-order valence-corrected chi connectivity index (χ0v) is 22.4. The van der Waals surface area contributed by atoms with Crippen molar-refractivity contribution in [2.75, 3.05) is 6.61 Å². The van der Waals surface area contributed by atoms with Gasteiger partial charge in [0.2, 0.25) is 0 Å². The van der Waals surface area contributed by atoms with Gasteiger partial charge in [0.15, 0.2) is 0 Å². The third-order valence-corrected chi connectivity index (χ3v) is 13.2. The van der Waals surface area contributed by atoms with E-state index in [9.17, 15) is 20.1 Å². The fourth-order valence-electron chi connectivity index (χ4n) is 10.6. The van der Waals surface area contributed by atoms with Crippen molar-refractivity contribution in [2.45, 2.75) is 112 Å². The highest BCUT2D eigenvalue weighted by molar-refractivity contribution is 5.64. The van der Waals surface area contributed by atoms with Crippen molar-refractivity contribution in [1.29, 1.82) is 0 Å². The van der Waals surface area contributed by atoms with Gasteiger partial charge in [-0.1, -0.05) is 53.2 Å². The highest BCUT2D eigenvalue weighted by Crippen LogP contribution is 2.75. The highest BCUT2D eigenvalue weighted by Gasteiger charge is 2.70. The number of carbonyl (C=O) groups is 1. The van der Waals surface area contributed by atoms with Crippen molar-refractivity contribution in [3.05, 3.63) is 11.6 Å². The van der Waals surface area contributed by atoms with Crippen LogP contribution in [0.2, 0.25) is 0 Å². The van der Waals surface area contributed by atoms with Crippen LogP contribution in [0, 0.1) is 50.2 Å². The molecule has 0 aliphatic heterocycles. The molecule has 0 bridgehead atoms. The molecule has 34 heavy (non-hydrogen) atoms. The van der Waals surface area contributed by atoms with Gasteiger partial charge in [-0.2, -0.15) is 0 Å². The smallest absolute Gasteiger partial charge is 0.129 e. The van der Waals surface area contributed by atoms with E-state index in [0.29, 0.717) is 24.7 Å². The Hall–Kier alpha value is -0.710. The molecule has 3 N–H and O–H groups in total. The molecule has 0 spiro atoms. The lowest BCUT2D eigenvalue weighted by atomic mass is 9.33. The zero-order chi connectivity index (χ0) is 24.9. The molecule has 5 rings (SSSR count). The molecule has 0 radical (unpaired) electrons. The highest BCUT2D eigenvalue weighted by atomic mass is 16.3. The lowest BCUT2D eigenvalue weighted by Gasteiger charge is -2.71. The van der Waals surface area contributed by atoms with E-state index >= 15 is 0 Å². The molecule has 4 saturated carbocycles. The normalized spacial score (nSPS) is 56.3. The fraction of sp³-hybridized carbons (Fsp3) is 0.900. The number of aliphatic hydroxyl groups is 3. The predicted molar refractivity (Wildman–Crippen MR) is 134 cm³/mol. The summed E-state index contributed by atoms with van der Waals surface area (Å²) in [5.41, 5.74) is 0.474. The van der Waals surface area contributed by atoms with Gasteiger partial charge in [0.1, 0.15) is 6.29 Å². The summed E-state index contributed by atoms with van der Waals surface area (Å²) in [5, 5.41) is 32.8. The fourth-order valence-corrected chi connectivity index (χ4v) is 10.6. The molecule has 192 valence electrons. The first-order chi connectivity index (χ1) is 15.7. The van der Waals surface area contributed by atoms with Gasteiger partial charge in [-0.05, 0) is 103 Å². The molecular weight excluding hydrogens is 424 g/mol. The summed E-state index contributed by atoms with van der Waals surface area (Å²) in [6.45, 7) is 14.2. The van der Waals surface area contributed by atoms with Crippen LogP contribution in [0.4, 0.5) is 0 Å². The summed E-state index contributed by atoms with van der Waals surface area (Å²) in [4.78, 5) is 12.6. The molecule has 0 amide bonds. The number of hydrogen-bond acceptors (Lipinski definition) is 4. The minimum Gasteiger partial charge on any atom is -0.396 e. The second-order valence-corrected chi connectivity index (χ2v) is 14.8. The molecule has 5 aliphatic rings. The number of allylic oxidation sites excluding steroid dienone is 2. The van der Waals surface area contributed by atoms with E-state index in [1.807, 2.05) is 0 Å². The van der Waals surface area contributed by atoms with Crippen LogP contribution in [0.1, 0.15) is 99.3 Å². The van der Waals surface area contributed by atoms with Gasteiger partial charge in [-0.25, -0.2) is 0 Å². The van der Waals surface area contributed by atoms with Gasteiger partial charge < -0.3 is 20.1 Å². The van der Waals surface area contributed by atoms with Crippen molar-refractivity contribution in [3.63, 3.8) is 0 Å². The van der Waals surface area contributed by atoms with E-state index in [1.54, 1.807) is 0 Å². The summed E-state index contributed by atoms with van der Waals surface area (Å²) >= 11 is 0. The molecule has 0 aromatic heterocycles. The summed E-state index contributed by atoms with van der Waals surface area (Å²) in [6.07, 6.45) is 10.8. The van der Waals surface area contributed by atoms with E-state index in [0.717, 1.165) is 51.2 Å². The number of aliphatic hydroxyl groups excluding tert-OH is 3. The van der Waals surface area contributed by atoms with Gasteiger partial charge in [-0.3, -0.25) is 0 Å². The average Bonchev–Trinajstić information content (AvgIpc) is 2.77. The van der Waals surface area contributed by atoms with E-state index < -0.39 is 11.5 Å². The maximum absolute atomic E-state index is 12.6. The van der Waals surface area contributed by atoms with Crippen LogP contribution in [-0.4, -0.2) is 40.4 Å². The van der Waals surface area contributed by atoms with Gasteiger partial charge in [0.25, 0.3) is 0 Å². The summed E-state index contributed by atoms with van der Waals surface area (Å²) in [5.74, 6) is 1.01. The summed E-state index contributed by atoms with van der Waals surface area (Å²) in [6, 6.07) is 0. The molecular formula is C30H48O4. The van der Waals surface area contributed by atoms with Gasteiger partial charge in [-0.15, -0.1) is 0 Å². The average molecular weight is 473 g/mol. The Morgan fingerprint density at radius 3 is 2.26 bits per heavy atom. The Morgan fingerprint density at radius 1 is 0.912 bits per heavy atom. The standard InChI is InChI=1S/C30H48O4/c1-25(2)21-9-12-28(5)22(27(21,4)11-10-23(25)33)8-7-19-20-15-26(3,17-31)13-14-30(20,18-32)24(34)16-29(19,28)6/h7,18,20-24,31,33-34H,8-17H2,1-6H3/t20-,21?,22?,23-,24-,26-,27-,28+,29+,30+/m0/s1. The number of aldehydes is 1. The van der Waals surface area contributed by atoms with Gasteiger partial charge >= 0.3 is 0 Å². The molecule has 4 heteroatoms. The number of carbonyl (C=O) groups excluding carboxylic acids is 1. The molecule has 4 fully saturated rings. The zero-order valence-electron chi connectivity index (χ0n) is 22.4. The van der Waals surface area contributed by atoms with E-state index in [-0.39, 0.29) is 45.7 Å². The first kappa shape index (κ1) is 25.0. The molecule has 4 nitrogen and oxygen atoms in total. The quantitative estimate of drug-likeness (QED) is 0.377. The summed E-state index contributed by atoms with van der Waals surface area (Å²) < 4.78 is 0. The lowest BCUT2D eigenvalue weighted by molar-refractivity contribution is -0.213. The van der Waals surface area contributed by atoms with Gasteiger partial charge in [0.05, 0.1) is 17.6 Å². The van der Waals surface area contributed by atoms with Crippen LogP contribution >= 0.6 is 0 Å². The van der Waals surface area contributed by atoms with Crippen molar-refractivity contribution in [3.8, 4) is 0 Å². The molecule has 5 aliphatic carbocycles. The van der Waals surface area contributed by atoms with Crippen LogP contribution in [-0.2, 0) is 4.79 Å². The Morgan fingerprint density at radius 2 is 1.62 bits per heavy atom. The van der Waals surface area contributed by atoms with E-state index in [1.165, 1.54) is 5.57 Å². The number of fused-ring (bicyclic) bond motifs is 7. The third-order valence-electron chi connectivity index (χ3n) is 13.2. The van der Waals surface area contributed by atoms with Gasteiger partial charge in [0, 0.05) is 6.61 Å². The van der Waals surface area contributed by atoms with E-state index in [2.05, 4.69) is 47.6 Å². The van der Waals surface area contributed by atoms with Crippen LogP contribution in [0.25, 0.3) is 0 Å². The Bertz CT molecular complexity index is 894. The molecule has 10 atom stereocenters. The second-order valence-electron chi connectivity index (χ2n) is 14.8. The maximum Gasteiger partial charge on any atom is 0.129 e. The molecule has 2 unspecified atom stereocenters. The Labute approximate surface area is 206 Å². The predicted octanol–water partition coefficient (Wildman–Crippen LogP) is 5.29. The van der Waals surface area contributed by atoms with Crippen LogP contribution in [0.3, 0.4) is 0 Å². The molecule has 0 heterocycles. The van der Waals surface area contributed by atoms with Crippen molar-refractivity contribution < 1.29 is 20.1 Å². The number of hydrogen-bond donors (Lipinski definition) is 3. The Kier molecular flexibility index (Phi) is 5.44. The minimum absolute atomic E-state index is 0.0116. The molecule has 0 aromatic rings. The van der Waals surface area contributed by atoms with Crippen molar-refractivity contribution >= 4 is 6.29 Å². The third kappa shape index (κ3) is 2.85. The first-order valence-electron chi connectivity index (χ1n) is 13.9. The monoisotopic (exact) mass is 472 g/mol. The largest absolute Gasteiger partial charge is 0.396 e. The SMILES string of the molecule is CC1(C)C2CC[C@]3(C)C(CC=C4[C@@H]5C[C@@](C)(CO)CC[C@]5(C=O)[C@@H](O)C[C@]43C)[C@@]2(C)CC[C@@H]1O. The topological polar surface area (TPSA) is 77.8 Å². The Balaban J connectivity index is 1.61. The first-order valence-corrected chi connectivity index (χ1v) is 13.9. The molecule has 0 aromatic carbocycles. The second kappa shape index (κ2) is 7.42. The van der Waals surface area contributed by atoms with Crippen molar-refractivity contribution in [2.24, 2.45) is 50.2 Å². The molecule has 0 saturated heterocycles. The van der Waals surface area contributed by atoms with Crippen LogP contribution in [0.5, 0.6) is 0 Å².